The summed E-state index contributed by atoms with van der Waals surface area (Å²) in [6.07, 6.45) is 1.70. The normalized spacial score (nSPS) is 31.2. The van der Waals surface area contributed by atoms with E-state index in [0.29, 0.717) is 12.2 Å². The van der Waals surface area contributed by atoms with Crippen LogP contribution < -0.4 is 0 Å². The van der Waals surface area contributed by atoms with Crippen molar-refractivity contribution in [2.24, 2.45) is 0 Å². The molecule has 10 heavy (non-hydrogen) atoms. The third kappa shape index (κ3) is 2.67. The molecule has 1 saturated heterocycles. The summed E-state index contributed by atoms with van der Waals surface area (Å²) in [7, 11) is 1.73. The van der Waals surface area contributed by atoms with Gasteiger partial charge in [-0.15, -0.1) is 0 Å². The van der Waals surface area contributed by atoms with E-state index in [9.17, 15) is 0 Å². The first-order chi connectivity index (χ1) is 4.84. The number of methoxy groups -OCH3 is 1. The molecule has 0 unspecified atom stereocenters. The maximum atomic E-state index is 5.23. The zero-order valence-electron chi connectivity index (χ0n) is 7.39. The fourth-order valence-electron chi connectivity index (χ4n) is 1.02. The van der Waals surface area contributed by atoms with Gasteiger partial charge in [0.05, 0.1) is 12.2 Å². The summed E-state index contributed by atoms with van der Waals surface area (Å²) in [6.45, 7) is 6.90. The van der Waals surface area contributed by atoms with Gasteiger partial charge >= 0.3 is 0 Å². The predicted molar refractivity (Wildman–Crippen MR) is 42.2 cm³/mol. The fourth-order valence-corrected chi connectivity index (χ4v) is 1.02. The Hall–Kier alpha value is -0.0800. The van der Waals surface area contributed by atoms with Crippen LogP contribution in [0.15, 0.2) is 0 Å². The highest BCUT2D eigenvalue weighted by atomic mass is 16.5. The molecule has 2 heteroatoms. The molecule has 0 spiro atoms. The van der Waals surface area contributed by atoms with Gasteiger partial charge in [0.2, 0.25) is 0 Å². The first-order valence-corrected chi connectivity index (χ1v) is 3.99. The van der Waals surface area contributed by atoms with E-state index in [1.807, 2.05) is 20.8 Å². The van der Waals surface area contributed by atoms with Crippen molar-refractivity contribution in [2.45, 2.75) is 39.4 Å². The summed E-state index contributed by atoms with van der Waals surface area (Å²) < 4.78 is 10.3. The van der Waals surface area contributed by atoms with Gasteiger partial charge < -0.3 is 9.47 Å². The van der Waals surface area contributed by atoms with Crippen LogP contribution in [-0.4, -0.2) is 25.9 Å². The van der Waals surface area contributed by atoms with E-state index in [-0.39, 0.29) is 0 Å². The summed E-state index contributed by atoms with van der Waals surface area (Å²) in [4.78, 5) is 0. The average Bonchev–Trinajstić information content (AvgIpc) is 2.39. The monoisotopic (exact) mass is 146 g/mol. The molecule has 1 heterocycles. The second kappa shape index (κ2) is 5.69. The molecule has 0 bridgehead atoms. The van der Waals surface area contributed by atoms with Crippen molar-refractivity contribution in [1.29, 1.82) is 0 Å². The number of hydrogen-bond acceptors (Lipinski definition) is 2. The van der Waals surface area contributed by atoms with E-state index in [2.05, 4.69) is 0 Å². The summed E-state index contributed by atoms with van der Waals surface area (Å²) >= 11 is 0. The molecule has 1 rings (SSSR count). The molecule has 0 radical (unpaired) electrons. The molecule has 0 saturated carbocycles. The lowest BCUT2D eigenvalue weighted by Gasteiger charge is -2.10. The first-order valence-electron chi connectivity index (χ1n) is 3.99. The van der Waals surface area contributed by atoms with Gasteiger partial charge in [0.15, 0.2) is 0 Å². The molecule has 0 aliphatic carbocycles. The third-order valence-corrected chi connectivity index (χ3v) is 1.61. The van der Waals surface area contributed by atoms with E-state index in [0.717, 1.165) is 13.0 Å². The van der Waals surface area contributed by atoms with Gasteiger partial charge in [-0.25, -0.2) is 0 Å². The van der Waals surface area contributed by atoms with E-state index in [1.165, 1.54) is 0 Å². The zero-order valence-corrected chi connectivity index (χ0v) is 7.39. The van der Waals surface area contributed by atoms with Crippen LogP contribution in [0.3, 0.4) is 0 Å². The lowest BCUT2D eigenvalue weighted by atomic mass is 10.2. The van der Waals surface area contributed by atoms with Gasteiger partial charge in [-0.2, -0.15) is 0 Å². The van der Waals surface area contributed by atoms with E-state index >= 15 is 0 Å². The van der Waals surface area contributed by atoms with Gasteiger partial charge in [0.1, 0.15) is 0 Å². The second-order valence-corrected chi connectivity index (χ2v) is 2.14. The molecule has 2 atom stereocenters. The standard InChI is InChI=1S/C6H12O2.C2H6/c1-5-6(7-2)3-4-8-5;1-2/h5-6H,3-4H2,1-2H3;1-2H3/t5-,6-;/m1./s1. The smallest absolute Gasteiger partial charge is 0.0852 e. The van der Waals surface area contributed by atoms with E-state index in [4.69, 9.17) is 9.47 Å². The molecule has 1 aliphatic rings. The van der Waals surface area contributed by atoms with E-state index < -0.39 is 0 Å². The van der Waals surface area contributed by atoms with Crippen LogP contribution in [-0.2, 0) is 9.47 Å². The maximum absolute atomic E-state index is 5.23. The third-order valence-electron chi connectivity index (χ3n) is 1.61. The highest BCUT2D eigenvalue weighted by molar-refractivity contribution is 4.71. The van der Waals surface area contributed by atoms with Gasteiger partial charge in [0, 0.05) is 13.7 Å². The first kappa shape index (κ1) is 9.92. The van der Waals surface area contributed by atoms with Crippen LogP contribution in [0.2, 0.25) is 0 Å². The molecule has 1 fully saturated rings. The molecule has 2 nitrogen and oxygen atoms in total. The van der Waals surface area contributed by atoms with Crippen LogP contribution in [0.5, 0.6) is 0 Å². The Labute approximate surface area is 63.5 Å². The molecule has 1 aliphatic heterocycles. The highest BCUT2D eigenvalue weighted by Gasteiger charge is 2.22. The molecular weight excluding hydrogens is 128 g/mol. The van der Waals surface area contributed by atoms with Crippen molar-refractivity contribution in [2.75, 3.05) is 13.7 Å². The SMILES string of the molecule is CC.CO[C@@H]1CCO[C@@H]1C. The van der Waals surface area contributed by atoms with Gasteiger partial charge in [-0.3, -0.25) is 0 Å². The zero-order chi connectivity index (χ0) is 7.98. The Kier molecular flexibility index (Phi) is 5.64. The van der Waals surface area contributed by atoms with Crippen LogP contribution in [0, 0.1) is 0 Å². The van der Waals surface area contributed by atoms with Crippen molar-refractivity contribution >= 4 is 0 Å². The molecule has 0 aromatic heterocycles. The fraction of sp³-hybridized carbons (Fsp3) is 1.00. The Morgan fingerprint density at radius 2 is 2.00 bits per heavy atom. The van der Waals surface area contributed by atoms with Crippen LogP contribution in [0.4, 0.5) is 0 Å². The summed E-state index contributed by atoms with van der Waals surface area (Å²) in [5, 5.41) is 0. The Balaban J connectivity index is 0.000000371. The minimum Gasteiger partial charge on any atom is -0.379 e. The molecule has 0 aromatic rings. The van der Waals surface area contributed by atoms with Gasteiger partial charge in [-0.05, 0) is 13.3 Å². The molecule has 0 aromatic carbocycles. The van der Waals surface area contributed by atoms with Crippen LogP contribution in [0.1, 0.15) is 27.2 Å². The van der Waals surface area contributed by atoms with Crippen molar-refractivity contribution < 1.29 is 9.47 Å². The van der Waals surface area contributed by atoms with Crippen LogP contribution >= 0.6 is 0 Å². The molecular formula is C8H18O2. The summed E-state index contributed by atoms with van der Waals surface area (Å²) in [6, 6.07) is 0. The number of rotatable bonds is 1. The predicted octanol–water partition coefficient (Wildman–Crippen LogP) is 1.84. The van der Waals surface area contributed by atoms with Gasteiger partial charge in [0.25, 0.3) is 0 Å². The molecule has 0 N–H and O–H groups in total. The lowest BCUT2D eigenvalue weighted by Crippen LogP contribution is -2.18. The number of ether oxygens (including phenoxy) is 2. The largest absolute Gasteiger partial charge is 0.379 e. The van der Waals surface area contributed by atoms with E-state index in [1.54, 1.807) is 7.11 Å². The Morgan fingerprint density at radius 1 is 1.40 bits per heavy atom. The minimum absolute atomic E-state index is 0.306. The highest BCUT2D eigenvalue weighted by Crippen LogP contribution is 2.14. The lowest BCUT2D eigenvalue weighted by molar-refractivity contribution is 0.0270. The topological polar surface area (TPSA) is 18.5 Å². The summed E-state index contributed by atoms with van der Waals surface area (Å²) in [5.41, 5.74) is 0. The Morgan fingerprint density at radius 3 is 2.20 bits per heavy atom. The van der Waals surface area contributed by atoms with Crippen molar-refractivity contribution in [3.8, 4) is 0 Å². The van der Waals surface area contributed by atoms with Gasteiger partial charge in [-0.1, -0.05) is 13.8 Å². The maximum Gasteiger partial charge on any atom is 0.0852 e. The average molecular weight is 146 g/mol. The molecule has 62 valence electrons. The summed E-state index contributed by atoms with van der Waals surface area (Å²) in [5.74, 6) is 0. The number of hydrogen-bond donors (Lipinski definition) is 0. The minimum atomic E-state index is 0.306. The van der Waals surface area contributed by atoms with Crippen LogP contribution in [0.25, 0.3) is 0 Å². The van der Waals surface area contributed by atoms with Crippen molar-refractivity contribution in [1.82, 2.24) is 0 Å². The second-order valence-electron chi connectivity index (χ2n) is 2.14. The molecule has 0 amide bonds. The quantitative estimate of drug-likeness (QED) is 0.562. The Bertz CT molecular complexity index is 73.7. The van der Waals surface area contributed by atoms with Crippen molar-refractivity contribution in [3.05, 3.63) is 0 Å². The van der Waals surface area contributed by atoms with Crippen molar-refractivity contribution in [3.63, 3.8) is 0 Å².